The molecule has 1 aromatic carbocycles. The summed E-state index contributed by atoms with van der Waals surface area (Å²) in [6, 6.07) is 10.8. The highest BCUT2D eigenvalue weighted by molar-refractivity contribution is 5.42. The van der Waals surface area contributed by atoms with Gasteiger partial charge in [0, 0.05) is 63.0 Å². The van der Waals surface area contributed by atoms with Crippen molar-refractivity contribution in [3.05, 3.63) is 59.4 Å². The van der Waals surface area contributed by atoms with Gasteiger partial charge in [0.1, 0.15) is 11.4 Å². The Balaban J connectivity index is 1.38. The molecule has 4 nitrogen and oxygen atoms in total. The van der Waals surface area contributed by atoms with Gasteiger partial charge in [-0.1, -0.05) is 12.1 Å². The molecule has 2 aromatic rings. The van der Waals surface area contributed by atoms with Crippen molar-refractivity contribution in [3.63, 3.8) is 0 Å². The number of benzene rings is 1. The van der Waals surface area contributed by atoms with Gasteiger partial charge in [-0.15, -0.1) is 0 Å². The van der Waals surface area contributed by atoms with Crippen molar-refractivity contribution in [3.8, 4) is 5.75 Å². The maximum atomic E-state index is 6.79. The van der Waals surface area contributed by atoms with E-state index in [2.05, 4.69) is 47.1 Å². The summed E-state index contributed by atoms with van der Waals surface area (Å²) >= 11 is 0. The van der Waals surface area contributed by atoms with Gasteiger partial charge in [0.15, 0.2) is 0 Å². The minimum Gasteiger partial charge on any atom is -0.486 e. The van der Waals surface area contributed by atoms with Crippen LogP contribution in [-0.4, -0.2) is 35.2 Å². The number of ether oxygens (including phenoxy) is 2. The first-order chi connectivity index (χ1) is 13.2. The first-order valence-corrected chi connectivity index (χ1v) is 10.3. The van der Waals surface area contributed by atoms with Gasteiger partial charge < -0.3 is 9.47 Å². The lowest BCUT2D eigenvalue weighted by Crippen LogP contribution is -2.57. The zero-order valence-corrected chi connectivity index (χ0v) is 16.1. The highest BCUT2D eigenvalue weighted by Crippen LogP contribution is 2.53. The molecular weight excluding hydrogens is 336 g/mol. The first-order valence-electron chi connectivity index (χ1n) is 10.3. The van der Waals surface area contributed by atoms with Gasteiger partial charge in [0.2, 0.25) is 0 Å². The molecule has 27 heavy (non-hydrogen) atoms. The molecule has 0 saturated carbocycles. The summed E-state index contributed by atoms with van der Waals surface area (Å²) in [5.41, 5.74) is 3.79. The van der Waals surface area contributed by atoms with Crippen molar-refractivity contribution >= 4 is 0 Å². The lowest BCUT2D eigenvalue weighted by molar-refractivity contribution is -0.150. The Kier molecular flexibility index (Phi) is 4.41. The standard InChI is InChI=1S/C23H28N2O2/c1-17-4-5-19-21(15-17)27-23(20-3-2-14-26-22(19)20)8-12-25(13-9-23)16-18-6-10-24-11-7-18/h4-7,10-11,15,20,22H,2-3,8-9,12-14,16H2,1H3/t20-,22+/m0/s1. The summed E-state index contributed by atoms with van der Waals surface area (Å²) in [5.74, 6) is 1.53. The molecule has 142 valence electrons. The zero-order valence-electron chi connectivity index (χ0n) is 16.1. The number of aromatic nitrogens is 1. The molecule has 0 radical (unpaired) electrons. The number of rotatable bonds is 2. The smallest absolute Gasteiger partial charge is 0.126 e. The highest BCUT2D eigenvalue weighted by atomic mass is 16.5. The van der Waals surface area contributed by atoms with Crippen LogP contribution in [0.3, 0.4) is 0 Å². The molecular formula is C23H28N2O2. The van der Waals surface area contributed by atoms with E-state index in [4.69, 9.17) is 9.47 Å². The van der Waals surface area contributed by atoms with Crippen LogP contribution in [0.5, 0.6) is 5.75 Å². The van der Waals surface area contributed by atoms with E-state index in [1.807, 2.05) is 12.4 Å². The Bertz CT molecular complexity index is 799. The van der Waals surface area contributed by atoms with E-state index < -0.39 is 0 Å². The van der Waals surface area contributed by atoms with Crippen molar-refractivity contribution in [2.75, 3.05) is 19.7 Å². The van der Waals surface area contributed by atoms with Crippen molar-refractivity contribution in [2.45, 2.75) is 50.9 Å². The molecule has 2 atom stereocenters. The number of hydrogen-bond donors (Lipinski definition) is 0. The van der Waals surface area contributed by atoms with Crippen molar-refractivity contribution < 1.29 is 9.47 Å². The number of hydrogen-bond acceptors (Lipinski definition) is 4. The number of fused-ring (bicyclic) bond motifs is 4. The molecule has 0 aliphatic carbocycles. The van der Waals surface area contributed by atoms with E-state index in [1.54, 1.807) is 0 Å². The lowest BCUT2D eigenvalue weighted by Gasteiger charge is -2.53. The fourth-order valence-electron chi connectivity index (χ4n) is 5.20. The second-order valence-corrected chi connectivity index (χ2v) is 8.38. The topological polar surface area (TPSA) is 34.6 Å². The average molecular weight is 364 g/mol. The molecule has 5 rings (SSSR count). The summed E-state index contributed by atoms with van der Waals surface area (Å²) in [7, 11) is 0. The van der Waals surface area contributed by atoms with Crippen molar-refractivity contribution in [1.29, 1.82) is 0 Å². The molecule has 1 spiro atoms. The maximum Gasteiger partial charge on any atom is 0.126 e. The van der Waals surface area contributed by atoms with E-state index >= 15 is 0 Å². The number of pyridine rings is 1. The van der Waals surface area contributed by atoms with E-state index in [0.717, 1.165) is 51.3 Å². The van der Waals surface area contributed by atoms with Crippen LogP contribution in [0.15, 0.2) is 42.7 Å². The van der Waals surface area contributed by atoms with Crippen LogP contribution in [0, 0.1) is 12.8 Å². The Labute approximate surface area is 161 Å². The van der Waals surface area contributed by atoms with Crippen LogP contribution < -0.4 is 4.74 Å². The van der Waals surface area contributed by atoms with Crippen LogP contribution in [0.4, 0.5) is 0 Å². The summed E-state index contributed by atoms with van der Waals surface area (Å²) in [6.45, 7) is 6.17. The Morgan fingerprint density at radius 1 is 1.15 bits per heavy atom. The van der Waals surface area contributed by atoms with Gasteiger partial charge >= 0.3 is 0 Å². The van der Waals surface area contributed by atoms with Gasteiger partial charge in [0.05, 0.1) is 6.10 Å². The summed E-state index contributed by atoms with van der Waals surface area (Å²) in [5, 5.41) is 0. The third-order valence-corrected chi connectivity index (χ3v) is 6.64. The fraction of sp³-hybridized carbons (Fsp3) is 0.522. The second-order valence-electron chi connectivity index (χ2n) is 8.38. The Hall–Kier alpha value is -1.91. The van der Waals surface area contributed by atoms with Crippen LogP contribution in [0.25, 0.3) is 0 Å². The maximum absolute atomic E-state index is 6.79. The van der Waals surface area contributed by atoms with Crippen LogP contribution in [0.1, 0.15) is 48.5 Å². The minimum absolute atomic E-state index is 0.0688. The number of likely N-dealkylation sites (tertiary alicyclic amines) is 1. The highest BCUT2D eigenvalue weighted by Gasteiger charge is 2.52. The van der Waals surface area contributed by atoms with Crippen LogP contribution >= 0.6 is 0 Å². The molecule has 2 saturated heterocycles. The number of piperidine rings is 1. The third-order valence-electron chi connectivity index (χ3n) is 6.64. The van der Waals surface area contributed by atoms with Gasteiger partial charge in [-0.3, -0.25) is 9.88 Å². The number of aryl methyl sites for hydroxylation is 1. The van der Waals surface area contributed by atoms with Crippen LogP contribution in [-0.2, 0) is 11.3 Å². The number of nitrogens with zero attached hydrogens (tertiary/aromatic N) is 2. The predicted molar refractivity (Wildman–Crippen MR) is 105 cm³/mol. The van der Waals surface area contributed by atoms with Crippen molar-refractivity contribution in [2.24, 2.45) is 5.92 Å². The Morgan fingerprint density at radius 2 is 1.96 bits per heavy atom. The molecule has 0 N–H and O–H groups in total. The normalized spacial score (nSPS) is 26.9. The molecule has 4 heterocycles. The SMILES string of the molecule is Cc1ccc2c(c1)OC1(CCN(Cc3ccncc3)CC1)[C@H]1CCCO[C@H]21. The van der Waals surface area contributed by atoms with Gasteiger partial charge in [-0.05, 0) is 49.1 Å². The van der Waals surface area contributed by atoms with E-state index in [-0.39, 0.29) is 11.7 Å². The summed E-state index contributed by atoms with van der Waals surface area (Å²) in [4.78, 5) is 6.68. The zero-order chi connectivity index (χ0) is 18.3. The molecule has 2 fully saturated rings. The summed E-state index contributed by atoms with van der Waals surface area (Å²) < 4.78 is 13.1. The van der Waals surface area contributed by atoms with Crippen LogP contribution in [0.2, 0.25) is 0 Å². The second kappa shape index (κ2) is 6.92. The molecule has 0 amide bonds. The summed E-state index contributed by atoms with van der Waals surface area (Å²) in [6.07, 6.45) is 8.49. The van der Waals surface area contributed by atoms with Gasteiger partial charge in [-0.2, -0.15) is 0 Å². The van der Waals surface area contributed by atoms with E-state index in [1.165, 1.54) is 23.1 Å². The van der Waals surface area contributed by atoms with Gasteiger partial charge in [0.25, 0.3) is 0 Å². The van der Waals surface area contributed by atoms with Crippen molar-refractivity contribution in [1.82, 2.24) is 9.88 Å². The average Bonchev–Trinajstić information content (AvgIpc) is 2.71. The third kappa shape index (κ3) is 3.15. The largest absolute Gasteiger partial charge is 0.486 e. The van der Waals surface area contributed by atoms with E-state index in [0.29, 0.717) is 5.92 Å². The molecule has 0 bridgehead atoms. The predicted octanol–water partition coefficient (Wildman–Crippen LogP) is 4.28. The van der Waals surface area contributed by atoms with Gasteiger partial charge in [-0.25, -0.2) is 0 Å². The molecule has 1 aromatic heterocycles. The lowest BCUT2D eigenvalue weighted by atomic mass is 9.70. The molecule has 0 unspecified atom stereocenters. The van der Waals surface area contributed by atoms with E-state index in [9.17, 15) is 0 Å². The fourth-order valence-corrected chi connectivity index (χ4v) is 5.20. The monoisotopic (exact) mass is 364 g/mol. The molecule has 4 heteroatoms. The molecule has 3 aliphatic rings. The minimum atomic E-state index is -0.0688. The first kappa shape index (κ1) is 17.2. The molecule has 3 aliphatic heterocycles. The Morgan fingerprint density at radius 3 is 2.78 bits per heavy atom. The quantitative estimate of drug-likeness (QED) is 0.796.